The van der Waals surface area contributed by atoms with E-state index >= 15 is 0 Å². The highest BCUT2D eigenvalue weighted by Gasteiger charge is 2.31. The van der Waals surface area contributed by atoms with Crippen molar-refractivity contribution in [1.29, 1.82) is 0 Å². The molecule has 0 bridgehead atoms. The Morgan fingerprint density at radius 1 is 1.03 bits per heavy atom. The summed E-state index contributed by atoms with van der Waals surface area (Å²) in [6, 6.07) is 20.1. The average Bonchev–Trinajstić information content (AvgIpc) is 3.33. The summed E-state index contributed by atoms with van der Waals surface area (Å²) in [6.45, 7) is 0. The summed E-state index contributed by atoms with van der Waals surface area (Å²) in [7, 11) is 0. The quantitative estimate of drug-likeness (QED) is 0.158. The predicted molar refractivity (Wildman–Crippen MR) is 128 cm³/mol. The molecule has 0 aliphatic carbocycles. The lowest BCUT2D eigenvalue weighted by Gasteiger charge is -2.18. The first kappa shape index (κ1) is 24.5. The zero-order chi connectivity index (χ0) is 24.8. The molecule has 0 aliphatic heterocycles. The highest BCUT2D eigenvalue weighted by molar-refractivity contribution is 7.99. The smallest absolute Gasteiger partial charge is 0.411 e. The number of carbonyl (C=O) groups excluding carboxylic acids is 1. The van der Waals surface area contributed by atoms with E-state index in [0.29, 0.717) is 16.1 Å². The van der Waals surface area contributed by atoms with Gasteiger partial charge in [0.1, 0.15) is 0 Å². The highest BCUT2D eigenvalue weighted by Crippen LogP contribution is 2.32. The van der Waals surface area contributed by atoms with Crippen LogP contribution in [0.2, 0.25) is 5.02 Å². The Labute approximate surface area is 207 Å². The first-order chi connectivity index (χ1) is 16.8. The molecule has 0 atom stereocenters. The van der Waals surface area contributed by atoms with Crippen molar-refractivity contribution in [3.63, 3.8) is 0 Å². The number of nitrogens with zero attached hydrogens (tertiary/aromatic N) is 4. The number of thioether (sulfide) groups is 1. The first-order valence-electron chi connectivity index (χ1n) is 10.1. The monoisotopic (exact) mass is 516 g/mol. The van der Waals surface area contributed by atoms with Crippen molar-refractivity contribution in [2.24, 2.45) is 5.10 Å². The molecule has 4 aromatic rings. The molecule has 11 heteroatoms. The second kappa shape index (κ2) is 10.7. The Morgan fingerprint density at radius 3 is 2.49 bits per heavy atom. The van der Waals surface area contributed by atoms with Crippen LogP contribution in [0.15, 0.2) is 93.6 Å². The fourth-order valence-corrected chi connectivity index (χ4v) is 3.65. The molecule has 0 unspecified atom stereocenters. The van der Waals surface area contributed by atoms with Crippen LogP contribution >= 0.6 is 23.4 Å². The third-order valence-electron chi connectivity index (χ3n) is 4.59. The van der Waals surface area contributed by atoms with Gasteiger partial charge in [0.25, 0.3) is 11.1 Å². The van der Waals surface area contributed by atoms with Crippen molar-refractivity contribution in [1.82, 2.24) is 10.2 Å². The Kier molecular flexibility index (Phi) is 7.52. The molecule has 35 heavy (non-hydrogen) atoms. The van der Waals surface area contributed by atoms with Crippen LogP contribution in [0.5, 0.6) is 0 Å². The fourth-order valence-electron chi connectivity index (χ4n) is 2.91. The summed E-state index contributed by atoms with van der Waals surface area (Å²) in [4.78, 5) is 13.0. The van der Waals surface area contributed by atoms with Crippen molar-refractivity contribution in [2.75, 3.05) is 10.8 Å². The number of halogens is 4. The van der Waals surface area contributed by atoms with E-state index in [9.17, 15) is 18.0 Å². The molecule has 0 radical (unpaired) electrons. The lowest BCUT2D eigenvalue weighted by molar-refractivity contribution is -0.137. The largest absolute Gasteiger partial charge is 0.416 e. The Bertz CT molecular complexity index is 1330. The second-order valence-corrected chi connectivity index (χ2v) is 8.44. The Balaban J connectivity index is 1.54. The minimum atomic E-state index is -4.57. The van der Waals surface area contributed by atoms with Gasteiger partial charge in [-0.15, -0.1) is 10.2 Å². The molecule has 0 saturated heterocycles. The second-order valence-electron chi connectivity index (χ2n) is 7.08. The zero-order valence-corrected chi connectivity index (χ0v) is 19.4. The molecular weight excluding hydrogens is 501 g/mol. The maximum atomic E-state index is 13.2. The van der Waals surface area contributed by atoms with Crippen molar-refractivity contribution in [2.45, 2.75) is 11.4 Å². The van der Waals surface area contributed by atoms with Gasteiger partial charge in [-0.1, -0.05) is 59.8 Å². The van der Waals surface area contributed by atoms with Gasteiger partial charge in [-0.25, -0.2) is 5.01 Å². The molecule has 1 heterocycles. The Hall–Kier alpha value is -3.63. The lowest BCUT2D eigenvalue weighted by atomic mass is 10.2. The summed E-state index contributed by atoms with van der Waals surface area (Å²) < 4.78 is 45.3. The average molecular weight is 517 g/mol. The van der Waals surface area contributed by atoms with Gasteiger partial charge in [0.05, 0.1) is 23.2 Å². The van der Waals surface area contributed by atoms with Crippen LogP contribution in [0.4, 0.5) is 18.9 Å². The van der Waals surface area contributed by atoms with Gasteiger partial charge in [0, 0.05) is 10.6 Å². The van der Waals surface area contributed by atoms with Crippen LogP contribution in [0.3, 0.4) is 0 Å². The summed E-state index contributed by atoms with van der Waals surface area (Å²) in [5, 5.41) is 13.6. The van der Waals surface area contributed by atoms with Gasteiger partial charge in [-0.2, -0.15) is 18.3 Å². The minimum absolute atomic E-state index is 0.0232. The topological polar surface area (TPSA) is 71.6 Å². The van der Waals surface area contributed by atoms with Crippen LogP contribution < -0.4 is 5.01 Å². The number of anilines is 1. The number of hydrogen-bond acceptors (Lipinski definition) is 6. The van der Waals surface area contributed by atoms with E-state index in [2.05, 4.69) is 15.3 Å². The van der Waals surface area contributed by atoms with Gasteiger partial charge in [-0.3, -0.25) is 4.79 Å². The van der Waals surface area contributed by atoms with Crippen LogP contribution in [0, 0.1) is 0 Å². The highest BCUT2D eigenvalue weighted by atomic mass is 35.5. The van der Waals surface area contributed by atoms with Crippen LogP contribution in [-0.4, -0.2) is 28.1 Å². The van der Waals surface area contributed by atoms with Crippen LogP contribution in [0.1, 0.15) is 11.1 Å². The normalized spacial score (nSPS) is 11.7. The molecule has 0 N–H and O–H groups in total. The SMILES string of the molecule is O=C(CSc1nnc(-c2ccc(Cl)cc2)o1)N(N=Cc1ccccc1)c1cccc(C(F)(F)F)c1. The molecule has 3 aromatic carbocycles. The number of amides is 1. The molecular formula is C24H16ClF3N4O2S. The molecule has 0 fully saturated rings. The van der Waals surface area contributed by atoms with Gasteiger partial charge < -0.3 is 4.42 Å². The van der Waals surface area contributed by atoms with Gasteiger partial charge in [0.15, 0.2) is 0 Å². The first-order valence-corrected chi connectivity index (χ1v) is 11.5. The van der Waals surface area contributed by atoms with E-state index in [1.54, 1.807) is 48.5 Å². The number of benzene rings is 3. The van der Waals surface area contributed by atoms with E-state index in [4.69, 9.17) is 16.0 Å². The Morgan fingerprint density at radius 2 is 1.77 bits per heavy atom. The summed E-state index contributed by atoms with van der Waals surface area (Å²) >= 11 is 6.83. The maximum Gasteiger partial charge on any atom is 0.416 e. The van der Waals surface area contributed by atoms with Crippen LogP contribution in [0.25, 0.3) is 11.5 Å². The summed E-state index contributed by atoms with van der Waals surface area (Å²) in [6.07, 6.45) is -3.17. The third kappa shape index (κ3) is 6.49. The van der Waals surface area contributed by atoms with Gasteiger partial charge in [0.2, 0.25) is 5.89 Å². The van der Waals surface area contributed by atoms with Crippen molar-refractivity contribution >= 4 is 41.2 Å². The molecule has 0 spiro atoms. The van der Waals surface area contributed by atoms with Crippen LogP contribution in [-0.2, 0) is 11.0 Å². The third-order valence-corrected chi connectivity index (χ3v) is 5.65. The van der Waals surface area contributed by atoms with E-state index in [1.807, 2.05) is 6.07 Å². The van der Waals surface area contributed by atoms with E-state index in [0.717, 1.165) is 28.9 Å². The fraction of sp³-hybridized carbons (Fsp3) is 0.0833. The summed E-state index contributed by atoms with van der Waals surface area (Å²) in [5.74, 6) is -0.536. The number of alkyl halides is 3. The number of hydrogen-bond donors (Lipinski definition) is 0. The van der Waals surface area contributed by atoms with Crippen molar-refractivity contribution < 1.29 is 22.4 Å². The van der Waals surface area contributed by atoms with Gasteiger partial charge >= 0.3 is 6.18 Å². The number of hydrazone groups is 1. The molecule has 0 aliphatic rings. The molecule has 4 rings (SSSR count). The van der Waals surface area contributed by atoms with E-state index in [1.165, 1.54) is 18.3 Å². The minimum Gasteiger partial charge on any atom is -0.411 e. The van der Waals surface area contributed by atoms with E-state index in [-0.39, 0.29) is 22.6 Å². The standard InChI is InChI=1S/C24H16ClF3N4O2S/c25-19-11-9-17(10-12-19)22-30-31-23(34-22)35-15-21(33)32(29-14-16-5-2-1-3-6-16)20-8-4-7-18(13-20)24(26,27)28/h1-14H,15H2. The summed E-state index contributed by atoms with van der Waals surface area (Å²) in [5.41, 5.74) is 0.414. The zero-order valence-electron chi connectivity index (χ0n) is 17.8. The molecule has 178 valence electrons. The molecule has 6 nitrogen and oxygen atoms in total. The molecule has 1 aromatic heterocycles. The number of rotatable bonds is 7. The molecule has 1 amide bonds. The van der Waals surface area contributed by atoms with Crippen molar-refractivity contribution in [3.8, 4) is 11.5 Å². The maximum absolute atomic E-state index is 13.2. The molecule has 0 saturated carbocycles. The number of aromatic nitrogens is 2. The van der Waals surface area contributed by atoms with Crippen molar-refractivity contribution in [3.05, 3.63) is 95.0 Å². The predicted octanol–water partition coefficient (Wildman–Crippen LogP) is 6.57. The van der Waals surface area contributed by atoms with Gasteiger partial charge in [-0.05, 0) is 48.0 Å². The number of carbonyl (C=O) groups is 1. The lowest BCUT2D eigenvalue weighted by Crippen LogP contribution is -2.27. The van der Waals surface area contributed by atoms with E-state index < -0.39 is 17.6 Å².